The number of aryl methyl sites for hydroxylation is 1. The van der Waals surface area contributed by atoms with Crippen molar-refractivity contribution in [1.82, 2.24) is 15.0 Å². The molecule has 2 aromatic carbocycles. The Bertz CT molecular complexity index is 836. The summed E-state index contributed by atoms with van der Waals surface area (Å²) in [5.74, 6) is 0.0497. The van der Waals surface area contributed by atoms with Crippen LogP contribution in [0, 0.1) is 6.92 Å². The van der Waals surface area contributed by atoms with Crippen LogP contribution >= 0.6 is 0 Å². The molecular formula is C19H22N4O. The van der Waals surface area contributed by atoms with Gasteiger partial charge in [0, 0.05) is 12.1 Å². The van der Waals surface area contributed by atoms with Crippen LogP contribution in [-0.4, -0.2) is 20.9 Å². The molecule has 0 fully saturated rings. The average Bonchev–Trinajstić information content (AvgIpc) is 2.99. The van der Waals surface area contributed by atoms with E-state index < -0.39 is 0 Å². The first-order valence-electron chi connectivity index (χ1n) is 8.40. The third kappa shape index (κ3) is 3.79. The topological polar surface area (TPSA) is 59.8 Å². The van der Waals surface area contributed by atoms with Gasteiger partial charge in [0.25, 0.3) is 0 Å². The highest BCUT2D eigenvalue weighted by Gasteiger charge is 2.07. The summed E-state index contributed by atoms with van der Waals surface area (Å²) in [6, 6.07) is 13.7. The van der Waals surface area contributed by atoms with E-state index >= 15 is 0 Å². The van der Waals surface area contributed by atoms with Gasteiger partial charge in [-0.15, -0.1) is 10.2 Å². The summed E-state index contributed by atoms with van der Waals surface area (Å²) >= 11 is 0. The lowest BCUT2D eigenvalue weighted by Crippen LogP contribution is -2.10. The lowest BCUT2D eigenvalue weighted by molar-refractivity contribution is -0.116. The summed E-state index contributed by atoms with van der Waals surface area (Å²) in [6.07, 6.45) is 3.68. The van der Waals surface area contributed by atoms with Crippen molar-refractivity contribution in [1.29, 1.82) is 0 Å². The fraction of sp³-hybridized carbons (Fsp3) is 0.316. The van der Waals surface area contributed by atoms with Gasteiger partial charge in [-0.05, 0) is 43.7 Å². The van der Waals surface area contributed by atoms with Crippen molar-refractivity contribution in [3.63, 3.8) is 0 Å². The van der Waals surface area contributed by atoms with Crippen molar-refractivity contribution < 1.29 is 4.79 Å². The van der Waals surface area contributed by atoms with Gasteiger partial charge in [-0.25, -0.2) is 0 Å². The van der Waals surface area contributed by atoms with Crippen molar-refractivity contribution in [2.24, 2.45) is 0 Å². The molecule has 0 unspecified atom stereocenters. The fourth-order valence-corrected chi connectivity index (χ4v) is 2.54. The third-order valence-electron chi connectivity index (χ3n) is 3.94. The molecule has 0 saturated heterocycles. The monoisotopic (exact) mass is 322 g/mol. The zero-order valence-corrected chi connectivity index (χ0v) is 14.1. The minimum absolute atomic E-state index is 0.0497. The Morgan fingerprint density at radius 2 is 1.79 bits per heavy atom. The van der Waals surface area contributed by atoms with Gasteiger partial charge < -0.3 is 5.32 Å². The molecule has 0 aliphatic carbocycles. The van der Waals surface area contributed by atoms with E-state index in [1.54, 1.807) is 4.80 Å². The number of benzene rings is 2. The van der Waals surface area contributed by atoms with Gasteiger partial charge >= 0.3 is 0 Å². The number of carbonyl (C=O) groups is 1. The molecule has 3 aromatic rings. The van der Waals surface area contributed by atoms with Crippen LogP contribution in [0.5, 0.6) is 0 Å². The molecule has 3 rings (SSSR count). The molecule has 0 radical (unpaired) electrons. The van der Waals surface area contributed by atoms with Crippen molar-refractivity contribution >= 4 is 22.6 Å². The molecule has 0 aliphatic heterocycles. The summed E-state index contributed by atoms with van der Waals surface area (Å²) < 4.78 is 0. The first-order valence-corrected chi connectivity index (χ1v) is 8.40. The maximum atomic E-state index is 11.9. The van der Waals surface area contributed by atoms with E-state index in [4.69, 9.17) is 0 Å². The normalized spacial score (nSPS) is 10.9. The lowest BCUT2D eigenvalue weighted by atomic mass is 10.2. The number of carbonyl (C=O) groups excluding carboxylic acids is 1. The zero-order chi connectivity index (χ0) is 16.9. The second kappa shape index (κ2) is 7.25. The van der Waals surface area contributed by atoms with Gasteiger partial charge in [-0.3, -0.25) is 4.79 Å². The quantitative estimate of drug-likeness (QED) is 0.690. The number of fused-ring (bicyclic) bond motifs is 1. The molecule has 24 heavy (non-hydrogen) atoms. The largest absolute Gasteiger partial charge is 0.326 e. The van der Waals surface area contributed by atoms with Crippen LogP contribution in [0.3, 0.4) is 0 Å². The van der Waals surface area contributed by atoms with Gasteiger partial charge in [0.15, 0.2) is 0 Å². The predicted molar refractivity (Wildman–Crippen MR) is 96.4 cm³/mol. The molecular weight excluding hydrogens is 300 g/mol. The molecule has 0 aliphatic rings. The molecule has 1 heterocycles. The highest BCUT2D eigenvalue weighted by Crippen LogP contribution is 2.18. The molecule has 1 amide bonds. The van der Waals surface area contributed by atoms with E-state index in [1.807, 2.05) is 49.4 Å². The Balaban J connectivity index is 1.76. The van der Waals surface area contributed by atoms with Crippen molar-refractivity contribution in [3.8, 4) is 5.69 Å². The Kier molecular flexibility index (Phi) is 4.89. The van der Waals surface area contributed by atoms with E-state index in [1.165, 1.54) is 5.56 Å². The van der Waals surface area contributed by atoms with Crippen LogP contribution in [-0.2, 0) is 4.79 Å². The van der Waals surface area contributed by atoms with Gasteiger partial charge in [-0.2, -0.15) is 4.80 Å². The van der Waals surface area contributed by atoms with Crippen LogP contribution in [0.1, 0.15) is 38.2 Å². The smallest absolute Gasteiger partial charge is 0.224 e. The van der Waals surface area contributed by atoms with Crippen LogP contribution < -0.4 is 5.32 Å². The van der Waals surface area contributed by atoms with Crippen LogP contribution in [0.4, 0.5) is 5.69 Å². The summed E-state index contributed by atoms with van der Waals surface area (Å²) in [4.78, 5) is 13.6. The number of anilines is 1. The lowest BCUT2D eigenvalue weighted by Gasteiger charge is -2.04. The maximum absolute atomic E-state index is 11.9. The predicted octanol–water partition coefficient (Wildman–Crippen LogP) is 4.25. The molecule has 5 heteroatoms. The van der Waals surface area contributed by atoms with Crippen molar-refractivity contribution in [3.05, 3.63) is 48.0 Å². The third-order valence-corrected chi connectivity index (χ3v) is 3.94. The van der Waals surface area contributed by atoms with Crippen LogP contribution in [0.2, 0.25) is 0 Å². The molecule has 0 atom stereocenters. The molecule has 0 spiro atoms. The Labute approximate surface area is 141 Å². The molecule has 0 bridgehead atoms. The summed E-state index contributed by atoms with van der Waals surface area (Å²) in [5.41, 5.74) is 4.45. The molecule has 0 saturated carbocycles. The first-order chi connectivity index (χ1) is 11.7. The van der Waals surface area contributed by atoms with Crippen molar-refractivity contribution in [2.45, 2.75) is 39.5 Å². The Hall–Kier alpha value is -2.69. The maximum Gasteiger partial charge on any atom is 0.224 e. The van der Waals surface area contributed by atoms with Crippen LogP contribution in [0.25, 0.3) is 16.7 Å². The zero-order valence-electron chi connectivity index (χ0n) is 14.1. The number of hydrogen-bond acceptors (Lipinski definition) is 3. The first kappa shape index (κ1) is 16.2. The molecule has 1 N–H and O–H groups in total. The number of rotatable bonds is 6. The van der Waals surface area contributed by atoms with E-state index in [2.05, 4.69) is 22.4 Å². The molecule has 1 aromatic heterocycles. The second-order valence-corrected chi connectivity index (χ2v) is 6.03. The summed E-state index contributed by atoms with van der Waals surface area (Å²) in [6.45, 7) is 4.18. The van der Waals surface area contributed by atoms with Gasteiger partial charge in [-0.1, -0.05) is 37.5 Å². The second-order valence-electron chi connectivity index (χ2n) is 6.03. The number of hydrogen-bond donors (Lipinski definition) is 1. The van der Waals surface area contributed by atoms with E-state index in [0.717, 1.165) is 41.7 Å². The Morgan fingerprint density at radius 1 is 1.04 bits per heavy atom. The van der Waals surface area contributed by atoms with E-state index in [9.17, 15) is 4.79 Å². The number of amides is 1. The summed E-state index contributed by atoms with van der Waals surface area (Å²) in [5, 5.41) is 11.9. The van der Waals surface area contributed by atoms with Gasteiger partial charge in [0.1, 0.15) is 11.0 Å². The van der Waals surface area contributed by atoms with Crippen LogP contribution in [0.15, 0.2) is 42.5 Å². The van der Waals surface area contributed by atoms with Gasteiger partial charge in [0.2, 0.25) is 5.91 Å². The van der Waals surface area contributed by atoms with E-state index in [-0.39, 0.29) is 5.91 Å². The standard InChI is InChI=1S/C19H22N4O/c1-3-4-5-6-19(24)20-15-9-12-17-18(13-15)22-23(21-17)16-10-7-14(2)8-11-16/h7-13H,3-6H2,1-2H3,(H,20,24). The SMILES string of the molecule is CCCCCC(=O)Nc1ccc2nn(-c3ccc(C)cc3)nc2c1. The number of aromatic nitrogens is 3. The Morgan fingerprint density at radius 3 is 2.54 bits per heavy atom. The number of nitrogens with zero attached hydrogens (tertiary/aromatic N) is 3. The minimum atomic E-state index is 0.0497. The molecule has 5 nitrogen and oxygen atoms in total. The fourth-order valence-electron chi connectivity index (χ4n) is 2.54. The minimum Gasteiger partial charge on any atom is -0.326 e. The molecule has 124 valence electrons. The number of unbranched alkanes of at least 4 members (excludes halogenated alkanes) is 2. The number of nitrogens with one attached hydrogen (secondary N) is 1. The average molecular weight is 322 g/mol. The van der Waals surface area contributed by atoms with E-state index in [0.29, 0.717) is 6.42 Å². The summed E-state index contributed by atoms with van der Waals surface area (Å²) in [7, 11) is 0. The highest BCUT2D eigenvalue weighted by molar-refractivity contribution is 5.92. The van der Waals surface area contributed by atoms with Crippen molar-refractivity contribution in [2.75, 3.05) is 5.32 Å². The van der Waals surface area contributed by atoms with Gasteiger partial charge in [0.05, 0.1) is 5.69 Å². The highest BCUT2D eigenvalue weighted by atomic mass is 16.1.